The monoisotopic (exact) mass is 247 g/mol. The molecule has 0 bridgehead atoms. The minimum Gasteiger partial charge on any atom is -0.372 e. The van der Waals surface area contributed by atoms with Gasteiger partial charge in [0.15, 0.2) is 0 Å². The lowest BCUT2D eigenvalue weighted by atomic mass is 10.2. The molecule has 2 rings (SSSR count). The number of amides is 2. The first kappa shape index (κ1) is 12.5. The topological polar surface area (TPSA) is 62.3 Å². The highest BCUT2D eigenvalue weighted by Crippen LogP contribution is 2.20. The van der Waals surface area contributed by atoms with Crippen LogP contribution in [-0.4, -0.2) is 33.8 Å². The Morgan fingerprint density at radius 1 is 1.39 bits per heavy atom. The number of nitrogens with zero attached hydrogens (tertiary/aromatic N) is 2. The minimum absolute atomic E-state index is 0.0899. The molecule has 5 heteroatoms. The number of hydrogen-bond donors (Lipinski definition) is 1. The molecule has 1 aromatic rings. The second-order valence-corrected chi connectivity index (χ2v) is 4.79. The Bertz CT molecular complexity index is 468. The van der Waals surface area contributed by atoms with E-state index < -0.39 is 6.04 Å². The lowest BCUT2D eigenvalue weighted by Crippen LogP contribution is -2.39. The van der Waals surface area contributed by atoms with Gasteiger partial charge in [-0.15, -0.1) is 0 Å². The van der Waals surface area contributed by atoms with E-state index in [-0.39, 0.29) is 24.3 Å². The molecule has 1 atom stereocenters. The fraction of sp³-hybridized carbons (Fsp3) is 0.462. The summed E-state index contributed by atoms with van der Waals surface area (Å²) in [6.07, 6.45) is 1.88. The van der Waals surface area contributed by atoms with Crippen LogP contribution >= 0.6 is 0 Å². The smallest absolute Gasteiger partial charge is 0.252 e. The van der Waals surface area contributed by atoms with Crippen LogP contribution in [0.1, 0.15) is 26.0 Å². The number of hydrogen-bond acceptors (Lipinski definition) is 4. The first-order valence-electron chi connectivity index (χ1n) is 6.04. The van der Waals surface area contributed by atoms with Gasteiger partial charge in [0.1, 0.15) is 6.04 Å². The van der Waals surface area contributed by atoms with Crippen LogP contribution in [0.2, 0.25) is 0 Å². The van der Waals surface area contributed by atoms with Crippen molar-refractivity contribution >= 4 is 17.5 Å². The Balaban J connectivity index is 2.10. The Kier molecular flexibility index (Phi) is 3.32. The normalized spacial score (nSPS) is 19.8. The van der Waals surface area contributed by atoms with Gasteiger partial charge in [-0.1, -0.05) is 0 Å². The van der Waals surface area contributed by atoms with E-state index in [0.29, 0.717) is 0 Å². The van der Waals surface area contributed by atoms with Gasteiger partial charge in [-0.3, -0.25) is 19.5 Å². The van der Waals surface area contributed by atoms with Crippen LogP contribution in [0.3, 0.4) is 0 Å². The summed E-state index contributed by atoms with van der Waals surface area (Å²) in [7, 11) is 0. The highest BCUT2D eigenvalue weighted by molar-refractivity contribution is 6.07. The molecule has 1 aliphatic rings. The molecule has 1 aliphatic heterocycles. The standard InChI is InChI=1S/C13H17N3O2/c1-8(2)16-12(17)6-11(13(16)18)15-10-5-4-9(3)14-7-10/h4-5,7-8,11,15H,6H2,1-3H3. The summed E-state index contributed by atoms with van der Waals surface area (Å²) in [5, 5.41) is 3.06. The summed E-state index contributed by atoms with van der Waals surface area (Å²) in [6, 6.07) is 3.17. The fourth-order valence-electron chi connectivity index (χ4n) is 2.06. The average Bonchev–Trinajstić information content (AvgIpc) is 2.57. The molecule has 0 radical (unpaired) electrons. The van der Waals surface area contributed by atoms with Gasteiger partial charge in [0, 0.05) is 11.7 Å². The number of anilines is 1. The molecule has 2 heterocycles. The maximum absolute atomic E-state index is 12.1. The van der Waals surface area contributed by atoms with Gasteiger partial charge in [-0.2, -0.15) is 0 Å². The Morgan fingerprint density at radius 3 is 2.61 bits per heavy atom. The predicted molar refractivity (Wildman–Crippen MR) is 68.0 cm³/mol. The quantitative estimate of drug-likeness (QED) is 0.819. The molecule has 18 heavy (non-hydrogen) atoms. The third-order valence-electron chi connectivity index (χ3n) is 2.95. The molecule has 0 aromatic carbocycles. The van der Waals surface area contributed by atoms with Gasteiger partial charge in [0.05, 0.1) is 18.3 Å². The molecular weight excluding hydrogens is 230 g/mol. The minimum atomic E-state index is -0.468. The molecule has 1 N–H and O–H groups in total. The van der Waals surface area contributed by atoms with Gasteiger partial charge in [0.25, 0.3) is 5.91 Å². The van der Waals surface area contributed by atoms with Crippen LogP contribution in [-0.2, 0) is 9.59 Å². The number of imide groups is 1. The Morgan fingerprint density at radius 2 is 2.11 bits per heavy atom. The number of pyridine rings is 1. The molecule has 1 aromatic heterocycles. The van der Waals surface area contributed by atoms with Gasteiger partial charge < -0.3 is 5.32 Å². The van der Waals surface area contributed by atoms with E-state index in [2.05, 4.69) is 10.3 Å². The lowest BCUT2D eigenvalue weighted by molar-refractivity contribution is -0.140. The first-order valence-corrected chi connectivity index (χ1v) is 6.04. The van der Waals surface area contributed by atoms with Crippen molar-refractivity contribution in [2.24, 2.45) is 0 Å². The summed E-state index contributed by atoms with van der Waals surface area (Å²) in [5.41, 5.74) is 1.68. The second kappa shape index (κ2) is 4.76. The molecule has 1 unspecified atom stereocenters. The maximum atomic E-state index is 12.1. The van der Waals surface area contributed by atoms with Crippen LogP contribution in [0.25, 0.3) is 0 Å². The molecule has 0 spiro atoms. The first-order chi connectivity index (χ1) is 8.49. The molecule has 2 amide bonds. The summed E-state index contributed by atoms with van der Waals surface area (Å²) < 4.78 is 0. The van der Waals surface area contributed by atoms with Crippen LogP contribution in [0.15, 0.2) is 18.3 Å². The van der Waals surface area contributed by atoms with Crippen molar-refractivity contribution in [1.29, 1.82) is 0 Å². The van der Waals surface area contributed by atoms with Crippen LogP contribution in [0.4, 0.5) is 5.69 Å². The van der Waals surface area contributed by atoms with E-state index in [1.165, 1.54) is 4.90 Å². The van der Waals surface area contributed by atoms with Crippen molar-refractivity contribution in [2.45, 2.75) is 39.3 Å². The maximum Gasteiger partial charge on any atom is 0.252 e. The van der Waals surface area contributed by atoms with Crippen molar-refractivity contribution in [1.82, 2.24) is 9.88 Å². The van der Waals surface area contributed by atoms with E-state index in [1.54, 1.807) is 6.20 Å². The summed E-state index contributed by atoms with van der Waals surface area (Å²) in [5.74, 6) is -0.275. The van der Waals surface area contributed by atoms with E-state index in [0.717, 1.165) is 11.4 Å². The number of aromatic nitrogens is 1. The molecular formula is C13H17N3O2. The van der Waals surface area contributed by atoms with Crippen LogP contribution in [0, 0.1) is 6.92 Å². The van der Waals surface area contributed by atoms with Crippen molar-refractivity contribution < 1.29 is 9.59 Å². The zero-order chi connectivity index (χ0) is 13.3. The second-order valence-electron chi connectivity index (χ2n) is 4.79. The average molecular weight is 247 g/mol. The Labute approximate surface area is 106 Å². The third-order valence-corrected chi connectivity index (χ3v) is 2.95. The molecule has 0 aliphatic carbocycles. The van der Waals surface area contributed by atoms with Crippen molar-refractivity contribution in [3.05, 3.63) is 24.0 Å². The number of aryl methyl sites for hydroxylation is 1. The number of carbonyl (C=O) groups is 2. The lowest BCUT2D eigenvalue weighted by Gasteiger charge is -2.19. The van der Waals surface area contributed by atoms with Gasteiger partial charge in [0.2, 0.25) is 5.91 Å². The summed E-state index contributed by atoms with van der Waals surface area (Å²) in [6.45, 7) is 5.58. The highest BCUT2D eigenvalue weighted by atomic mass is 16.2. The zero-order valence-electron chi connectivity index (χ0n) is 10.8. The van der Waals surface area contributed by atoms with Crippen molar-refractivity contribution in [3.8, 4) is 0 Å². The molecule has 1 fully saturated rings. The number of carbonyl (C=O) groups excluding carboxylic acids is 2. The SMILES string of the molecule is Cc1ccc(NC2CC(=O)N(C(C)C)C2=O)cn1. The molecule has 0 saturated carbocycles. The number of likely N-dealkylation sites (tertiary alicyclic amines) is 1. The van der Waals surface area contributed by atoms with E-state index in [9.17, 15) is 9.59 Å². The Hall–Kier alpha value is -1.91. The largest absolute Gasteiger partial charge is 0.372 e. The van der Waals surface area contributed by atoms with Crippen molar-refractivity contribution in [3.63, 3.8) is 0 Å². The van der Waals surface area contributed by atoms with Crippen LogP contribution < -0.4 is 5.32 Å². The highest BCUT2D eigenvalue weighted by Gasteiger charge is 2.39. The molecule has 96 valence electrons. The number of rotatable bonds is 3. The van der Waals surface area contributed by atoms with Crippen molar-refractivity contribution in [2.75, 3.05) is 5.32 Å². The van der Waals surface area contributed by atoms with Crippen LogP contribution in [0.5, 0.6) is 0 Å². The number of nitrogens with one attached hydrogen (secondary N) is 1. The van der Waals surface area contributed by atoms with Gasteiger partial charge in [-0.05, 0) is 32.9 Å². The van der Waals surface area contributed by atoms with E-state index in [4.69, 9.17) is 0 Å². The van der Waals surface area contributed by atoms with E-state index in [1.807, 2.05) is 32.9 Å². The molecule has 5 nitrogen and oxygen atoms in total. The summed E-state index contributed by atoms with van der Waals surface area (Å²) in [4.78, 5) is 29.2. The fourth-order valence-corrected chi connectivity index (χ4v) is 2.06. The van der Waals surface area contributed by atoms with Gasteiger partial charge in [-0.25, -0.2) is 0 Å². The third kappa shape index (κ3) is 2.34. The van der Waals surface area contributed by atoms with Gasteiger partial charge >= 0.3 is 0 Å². The predicted octanol–water partition coefficient (Wildman–Crippen LogP) is 1.34. The molecule has 1 saturated heterocycles. The zero-order valence-corrected chi connectivity index (χ0v) is 10.8. The summed E-state index contributed by atoms with van der Waals surface area (Å²) >= 11 is 0. The van der Waals surface area contributed by atoms with E-state index >= 15 is 0 Å².